The molecule has 1 aromatic rings. The Balaban J connectivity index is 3.46. The maximum atomic E-state index is 11.3. The van der Waals surface area contributed by atoms with Gasteiger partial charge < -0.3 is 10.8 Å². The normalized spacial score (nSPS) is 9.93. The number of nitro groups is 1. The zero-order chi connectivity index (χ0) is 11.6. The molecule has 7 heteroatoms. The van der Waals surface area contributed by atoms with E-state index >= 15 is 0 Å². The van der Waals surface area contributed by atoms with Crippen LogP contribution >= 0.6 is 15.9 Å². The van der Waals surface area contributed by atoms with Gasteiger partial charge in [-0.1, -0.05) is 15.9 Å². The second kappa shape index (κ2) is 4.26. The second-order valence-corrected chi connectivity index (χ2v) is 3.31. The van der Waals surface area contributed by atoms with Gasteiger partial charge in [0.25, 0.3) is 0 Å². The molecule has 0 aliphatic carbocycles. The lowest BCUT2D eigenvalue weighted by atomic mass is 10.1. The molecule has 0 saturated heterocycles. The summed E-state index contributed by atoms with van der Waals surface area (Å²) >= 11 is 2.89. The van der Waals surface area contributed by atoms with E-state index in [2.05, 4.69) is 15.9 Å². The predicted octanol–water partition coefficient (Wildman–Crippen LogP) is 1.46. The Kier molecular flexibility index (Phi) is 3.25. The lowest BCUT2D eigenvalue weighted by molar-refractivity contribution is -0.386. The first-order valence-corrected chi connectivity index (χ1v) is 4.95. The molecular weight excluding hydrogens is 268 g/mol. The smallest absolute Gasteiger partial charge is 0.321 e. The Labute approximate surface area is 93.0 Å². The van der Waals surface area contributed by atoms with Crippen LogP contribution in [0.5, 0.6) is 5.75 Å². The first kappa shape index (κ1) is 11.4. The van der Waals surface area contributed by atoms with Gasteiger partial charge in [0, 0.05) is 11.8 Å². The van der Waals surface area contributed by atoms with Crippen LogP contribution in [0.25, 0.3) is 0 Å². The van der Waals surface area contributed by atoms with Gasteiger partial charge >= 0.3 is 5.69 Å². The lowest BCUT2D eigenvalue weighted by Gasteiger charge is -2.03. The molecule has 3 N–H and O–H groups in total. The van der Waals surface area contributed by atoms with Gasteiger partial charge in [-0.25, -0.2) is 0 Å². The first-order chi connectivity index (χ1) is 6.97. The number of phenolic OH excluding ortho intramolecular Hbond substituents is 1. The molecule has 1 aromatic carbocycles. The van der Waals surface area contributed by atoms with Gasteiger partial charge in [0.2, 0.25) is 0 Å². The number of alkyl halides is 1. The highest BCUT2D eigenvalue weighted by Gasteiger charge is 2.24. The van der Waals surface area contributed by atoms with E-state index in [0.29, 0.717) is 0 Å². The van der Waals surface area contributed by atoms with E-state index in [4.69, 9.17) is 5.73 Å². The maximum absolute atomic E-state index is 11.3. The zero-order valence-corrected chi connectivity index (χ0v) is 9.02. The van der Waals surface area contributed by atoms with E-state index in [0.717, 1.165) is 6.07 Å². The summed E-state index contributed by atoms with van der Waals surface area (Å²) < 4.78 is 0. The molecule has 6 nitrogen and oxygen atoms in total. The molecule has 0 unspecified atom stereocenters. The first-order valence-electron chi connectivity index (χ1n) is 3.83. The van der Waals surface area contributed by atoms with Crippen LogP contribution in [0.2, 0.25) is 0 Å². The Hall–Kier alpha value is -1.63. The van der Waals surface area contributed by atoms with Gasteiger partial charge in [0.1, 0.15) is 5.56 Å². The van der Waals surface area contributed by atoms with Crippen LogP contribution in [0, 0.1) is 10.1 Å². The molecule has 1 rings (SSSR count). The summed E-state index contributed by atoms with van der Waals surface area (Å²) in [6.07, 6.45) is 0. The number of ketones is 1. The van der Waals surface area contributed by atoms with Crippen molar-refractivity contribution in [2.75, 3.05) is 11.1 Å². The molecule has 0 bridgehead atoms. The topological polar surface area (TPSA) is 106 Å². The Bertz CT molecular complexity index is 433. The van der Waals surface area contributed by atoms with Gasteiger partial charge in [-0.15, -0.1) is 0 Å². The maximum Gasteiger partial charge on any atom is 0.321 e. The predicted molar refractivity (Wildman–Crippen MR) is 57.3 cm³/mol. The summed E-state index contributed by atoms with van der Waals surface area (Å²) in [5.74, 6) is -1.12. The number of carbonyl (C=O) groups excluding carboxylic acids is 1. The third kappa shape index (κ3) is 2.24. The largest absolute Gasteiger partial charge is 0.502 e. The molecule has 0 radical (unpaired) electrons. The molecule has 15 heavy (non-hydrogen) atoms. The van der Waals surface area contributed by atoms with Crippen LogP contribution < -0.4 is 5.73 Å². The number of phenols is 1. The molecular formula is C8H7BrN2O4. The van der Waals surface area contributed by atoms with E-state index in [1.54, 1.807) is 0 Å². The molecule has 0 atom stereocenters. The lowest BCUT2D eigenvalue weighted by Crippen LogP contribution is -2.06. The fraction of sp³-hybridized carbons (Fsp3) is 0.125. The van der Waals surface area contributed by atoms with Crippen molar-refractivity contribution in [3.05, 3.63) is 27.8 Å². The van der Waals surface area contributed by atoms with Crippen LogP contribution in [0.4, 0.5) is 11.4 Å². The number of rotatable bonds is 3. The fourth-order valence-electron chi connectivity index (χ4n) is 1.12. The van der Waals surface area contributed by atoms with Crippen molar-refractivity contribution in [3.8, 4) is 5.75 Å². The minimum atomic E-state index is -0.815. The van der Waals surface area contributed by atoms with Gasteiger partial charge in [-0.2, -0.15) is 0 Å². The Morgan fingerprint density at radius 2 is 2.20 bits per heavy atom. The number of benzene rings is 1. The minimum absolute atomic E-state index is 0.0727. The molecule has 0 fully saturated rings. The summed E-state index contributed by atoms with van der Waals surface area (Å²) in [7, 11) is 0. The second-order valence-electron chi connectivity index (χ2n) is 2.75. The standard InChI is InChI=1S/C8H7BrN2O4/c9-3-7(13)5-1-4(10)2-6(12)8(5)11(14)15/h1-2,12H,3,10H2. The van der Waals surface area contributed by atoms with E-state index in [1.807, 2.05) is 0 Å². The molecule has 0 spiro atoms. The number of halogens is 1. The van der Waals surface area contributed by atoms with E-state index in [9.17, 15) is 20.0 Å². The van der Waals surface area contributed by atoms with Crippen LogP contribution in [0.15, 0.2) is 12.1 Å². The summed E-state index contributed by atoms with van der Waals surface area (Å²) in [5.41, 5.74) is 4.65. The highest BCUT2D eigenvalue weighted by atomic mass is 79.9. The summed E-state index contributed by atoms with van der Waals surface area (Å²) in [5, 5.41) is 19.8. The molecule has 0 aliphatic heterocycles. The molecule has 80 valence electrons. The van der Waals surface area contributed by atoms with Gasteiger partial charge in [0.05, 0.1) is 10.3 Å². The SMILES string of the molecule is Nc1cc(O)c([N+](=O)[O-])c(C(=O)CBr)c1. The Morgan fingerprint density at radius 1 is 1.60 bits per heavy atom. The average Bonchev–Trinajstić information content (AvgIpc) is 2.14. The summed E-state index contributed by atoms with van der Waals surface area (Å²) in [6, 6.07) is 2.20. The van der Waals surface area contributed by atoms with Crippen molar-refractivity contribution in [2.45, 2.75) is 0 Å². The highest BCUT2D eigenvalue weighted by Crippen LogP contribution is 2.32. The van der Waals surface area contributed by atoms with E-state index in [1.165, 1.54) is 6.07 Å². The number of nitrogens with zero attached hydrogens (tertiary/aromatic N) is 1. The average molecular weight is 275 g/mol. The van der Waals surface area contributed by atoms with Crippen LogP contribution in [-0.4, -0.2) is 21.1 Å². The van der Waals surface area contributed by atoms with Crippen LogP contribution in [-0.2, 0) is 0 Å². The number of anilines is 1. The molecule has 0 saturated carbocycles. The van der Waals surface area contributed by atoms with Gasteiger partial charge in [-0.05, 0) is 6.07 Å². The van der Waals surface area contributed by atoms with Gasteiger partial charge in [-0.3, -0.25) is 14.9 Å². The summed E-state index contributed by atoms with van der Waals surface area (Å²) in [4.78, 5) is 21.1. The molecule has 0 aromatic heterocycles. The number of hydrogen-bond acceptors (Lipinski definition) is 5. The number of carbonyl (C=O) groups is 1. The minimum Gasteiger partial charge on any atom is -0.502 e. The number of hydrogen-bond donors (Lipinski definition) is 2. The molecule has 0 heterocycles. The highest BCUT2D eigenvalue weighted by molar-refractivity contribution is 9.09. The van der Waals surface area contributed by atoms with Crippen molar-refractivity contribution in [3.63, 3.8) is 0 Å². The summed E-state index contributed by atoms with van der Waals surface area (Å²) in [6.45, 7) is 0. The van der Waals surface area contributed by atoms with Crippen molar-refractivity contribution < 1.29 is 14.8 Å². The quantitative estimate of drug-likeness (QED) is 0.285. The molecule has 0 amide bonds. The van der Waals surface area contributed by atoms with E-state index in [-0.39, 0.29) is 16.6 Å². The van der Waals surface area contributed by atoms with Gasteiger partial charge in [0.15, 0.2) is 11.5 Å². The number of nitrogen functional groups attached to an aromatic ring is 1. The third-order valence-corrected chi connectivity index (χ3v) is 2.23. The monoisotopic (exact) mass is 274 g/mol. The Morgan fingerprint density at radius 3 is 2.67 bits per heavy atom. The van der Waals surface area contributed by atoms with Crippen LogP contribution in [0.3, 0.4) is 0 Å². The zero-order valence-electron chi connectivity index (χ0n) is 7.44. The van der Waals surface area contributed by atoms with Crippen molar-refractivity contribution in [1.82, 2.24) is 0 Å². The van der Waals surface area contributed by atoms with Crippen molar-refractivity contribution in [1.29, 1.82) is 0 Å². The number of nitro benzene ring substituents is 1. The van der Waals surface area contributed by atoms with Crippen molar-refractivity contribution >= 4 is 33.1 Å². The number of aromatic hydroxyl groups is 1. The fourth-order valence-corrected chi connectivity index (χ4v) is 1.42. The van der Waals surface area contributed by atoms with E-state index < -0.39 is 22.1 Å². The number of Topliss-reactive ketones (excluding diaryl/α,β-unsaturated/α-hetero) is 1. The molecule has 0 aliphatic rings. The third-order valence-electron chi connectivity index (χ3n) is 1.72. The van der Waals surface area contributed by atoms with Crippen LogP contribution in [0.1, 0.15) is 10.4 Å². The number of nitrogens with two attached hydrogens (primary N) is 1. The van der Waals surface area contributed by atoms with Crippen molar-refractivity contribution in [2.24, 2.45) is 0 Å².